The molecule has 1 unspecified atom stereocenters. The van der Waals surface area contributed by atoms with E-state index in [1.165, 1.54) is 0 Å². The third-order valence-electron chi connectivity index (χ3n) is 2.65. The summed E-state index contributed by atoms with van der Waals surface area (Å²) in [5.41, 5.74) is 11.7. The second-order valence-corrected chi connectivity index (χ2v) is 8.49. The van der Waals surface area contributed by atoms with Crippen LogP contribution in [-0.4, -0.2) is 28.0 Å². The topological polar surface area (TPSA) is 70.5 Å². The molecule has 1 atom stereocenters. The minimum absolute atomic E-state index is 0.539. The molecular weight excluding hydrogens is 208 g/mol. The van der Waals surface area contributed by atoms with Crippen molar-refractivity contribution in [3.8, 4) is 0 Å². The lowest BCUT2D eigenvalue weighted by atomic mass is 10.2. The van der Waals surface area contributed by atoms with Crippen molar-refractivity contribution >= 4 is 8.32 Å². The first-order chi connectivity index (χ1) is 7.08. The Hall–Kier alpha value is 0.0569. The van der Waals surface area contributed by atoms with Gasteiger partial charge in [-0.05, 0) is 57.9 Å². The molecule has 0 rings (SSSR count). The predicted molar refractivity (Wildman–Crippen MR) is 65.9 cm³/mol. The van der Waals surface area contributed by atoms with Gasteiger partial charge in [-0.2, -0.15) is 0 Å². The van der Waals surface area contributed by atoms with Gasteiger partial charge in [0, 0.05) is 0 Å². The highest BCUT2D eigenvalue weighted by Gasteiger charge is 2.34. The molecule has 0 saturated carbocycles. The molecule has 0 aliphatic heterocycles. The second-order valence-electron chi connectivity index (χ2n) is 4.30. The van der Waals surface area contributed by atoms with Crippen molar-refractivity contribution in [2.24, 2.45) is 11.5 Å². The molecular formula is C10H26N2O2Si. The summed E-state index contributed by atoms with van der Waals surface area (Å²) in [5.74, 6) is 0. The van der Waals surface area contributed by atoms with Crippen LogP contribution in [0.2, 0.25) is 18.6 Å². The molecule has 4 nitrogen and oxygen atoms in total. The van der Waals surface area contributed by atoms with E-state index in [9.17, 15) is 0 Å². The van der Waals surface area contributed by atoms with Crippen LogP contribution in [0.5, 0.6) is 0 Å². The van der Waals surface area contributed by atoms with Crippen LogP contribution in [0.25, 0.3) is 0 Å². The standard InChI is InChI=1S/C10H26N2O2Si/c1-4-13-14-15(2,3)10(7-9-12)6-5-8-11/h10H,4-9,11-12H2,1-3H3. The largest absolute Gasteiger partial charge is 0.330 e. The Balaban J connectivity index is 4.15. The highest BCUT2D eigenvalue weighted by atomic mass is 28.4. The van der Waals surface area contributed by atoms with Crippen molar-refractivity contribution in [2.75, 3.05) is 19.7 Å². The summed E-state index contributed by atoms with van der Waals surface area (Å²) in [6, 6.07) is 0. The Kier molecular flexibility index (Phi) is 8.27. The predicted octanol–water partition coefficient (Wildman–Crippen LogP) is 1.62. The maximum atomic E-state index is 5.62. The van der Waals surface area contributed by atoms with Gasteiger partial charge in [0.05, 0.1) is 6.61 Å². The normalized spacial score (nSPS) is 14.2. The maximum Gasteiger partial charge on any atom is 0.236 e. The highest BCUT2D eigenvalue weighted by Crippen LogP contribution is 2.30. The summed E-state index contributed by atoms with van der Waals surface area (Å²) in [7, 11) is -1.77. The van der Waals surface area contributed by atoms with Crippen molar-refractivity contribution in [3.05, 3.63) is 0 Å². The van der Waals surface area contributed by atoms with Crippen molar-refractivity contribution < 1.29 is 9.46 Å². The number of hydrogen-bond donors (Lipinski definition) is 2. The van der Waals surface area contributed by atoms with Crippen LogP contribution in [0.1, 0.15) is 26.2 Å². The van der Waals surface area contributed by atoms with Gasteiger partial charge in [0.25, 0.3) is 0 Å². The Morgan fingerprint density at radius 2 is 1.80 bits per heavy atom. The first kappa shape index (κ1) is 15.1. The quantitative estimate of drug-likeness (QED) is 0.361. The second kappa shape index (κ2) is 8.24. The molecule has 0 aliphatic rings. The number of hydrogen-bond acceptors (Lipinski definition) is 4. The van der Waals surface area contributed by atoms with Gasteiger partial charge in [-0.25, -0.2) is 4.89 Å². The summed E-state index contributed by atoms with van der Waals surface area (Å²) < 4.78 is 5.53. The molecule has 0 aromatic heterocycles. The fraction of sp³-hybridized carbons (Fsp3) is 1.00. The molecule has 0 aromatic rings. The molecule has 15 heavy (non-hydrogen) atoms. The SMILES string of the molecule is CCOO[Si](C)(C)C(CCN)CCCN. The van der Waals surface area contributed by atoms with E-state index in [4.69, 9.17) is 20.9 Å². The Labute approximate surface area is 94.4 Å². The molecule has 0 spiro atoms. The zero-order valence-corrected chi connectivity index (χ0v) is 11.3. The summed E-state index contributed by atoms with van der Waals surface area (Å²) >= 11 is 0. The Morgan fingerprint density at radius 1 is 1.13 bits per heavy atom. The van der Waals surface area contributed by atoms with Gasteiger partial charge in [0.1, 0.15) is 0 Å². The molecule has 5 heteroatoms. The first-order valence-corrected chi connectivity index (χ1v) is 8.77. The van der Waals surface area contributed by atoms with Gasteiger partial charge in [-0.1, -0.05) is 0 Å². The minimum Gasteiger partial charge on any atom is -0.330 e. The Bertz CT molecular complexity index is 156. The summed E-state index contributed by atoms with van der Waals surface area (Å²) in [4.78, 5) is 5.10. The third kappa shape index (κ3) is 6.27. The van der Waals surface area contributed by atoms with Crippen LogP contribution in [0.3, 0.4) is 0 Å². The van der Waals surface area contributed by atoms with Gasteiger partial charge in [0.2, 0.25) is 8.32 Å². The fourth-order valence-corrected chi connectivity index (χ4v) is 4.00. The van der Waals surface area contributed by atoms with Gasteiger partial charge in [-0.3, -0.25) is 4.58 Å². The lowest BCUT2D eigenvalue weighted by molar-refractivity contribution is -0.215. The van der Waals surface area contributed by atoms with Crippen LogP contribution in [-0.2, 0) is 9.46 Å². The maximum absolute atomic E-state index is 5.62. The van der Waals surface area contributed by atoms with Crippen LogP contribution >= 0.6 is 0 Å². The minimum atomic E-state index is -1.77. The molecule has 0 aromatic carbocycles. The molecule has 0 amide bonds. The molecule has 0 radical (unpaired) electrons. The lowest BCUT2D eigenvalue weighted by Crippen LogP contribution is -2.38. The number of nitrogens with two attached hydrogens (primary N) is 2. The van der Waals surface area contributed by atoms with E-state index >= 15 is 0 Å². The van der Waals surface area contributed by atoms with Gasteiger partial charge in [0.15, 0.2) is 0 Å². The number of rotatable bonds is 9. The summed E-state index contributed by atoms with van der Waals surface area (Å²) in [6.45, 7) is 8.34. The first-order valence-electron chi connectivity index (χ1n) is 5.79. The van der Waals surface area contributed by atoms with Crippen LogP contribution in [0, 0.1) is 0 Å². The fourth-order valence-electron chi connectivity index (χ4n) is 1.68. The molecule has 0 fully saturated rings. The van der Waals surface area contributed by atoms with E-state index in [0.29, 0.717) is 18.7 Å². The van der Waals surface area contributed by atoms with Gasteiger partial charge in [-0.15, -0.1) is 0 Å². The van der Waals surface area contributed by atoms with E-state index in [-0.39, 0.29) is 0 Å². The summed E-state index contributed by atoms with van der Waals surface area (Å²) in [5, 5.41) is 0. The lowest BCUT2D eigenvalue weighted by Gasteiger charge is -2.30. The van der Waals surface area contributed by atoms with E-state index in [0.717, 1.165) is 25.8 Å². The third-order valence-corrected chi connectivity index (χ3v) is 5.74. The van der Waals surface area contributed by atoms with Crippen molar-refractivity contribution in [1.29, 1.82) is 0 Å². The summed E-state index contributed by atoms with van der Waals surface area (Å²) in [6.07, 6.45) is 3.14. The van der Waals surface area contributed by atoms with Crippen LogP contribution in [0.4, 0.5) is 0 Å². The molecule has 92 valence electrons. The van der Waals surface area contributed by atoms with E-state index in [1.54, 1.807) is 0 Å². The molecule has 0 aliphatic carbocycles. The van der Waals surface area contributed by atoms with E-state index < -0.39 is 8.32 Å². The Morgan fingerprint density at radius 3 is 2.27 bits per heavy atom. The molecule has 0 bridgehead atoms. The average Bonchev–Trinajstić information content (AvgIpc) is 2.21. The van der Waals surface area contributed by atoms with E-state index in [2.05, 4.69) is 13.1 Å². The van der Waals surface area contributed by atoms with Crippen LogP contribution < -0.4 is 11.5 Å². The monoisotopic (exact) mass is 234 g/mol. The van der Waals surface area contributed by atoms with Crippen LogP contribution in [0.15, 0.2) is 0 Å². The molecule has 4 N–H and O–H groups in total. The smallest absolute Gasteiger partial charge is 0.236 e. The average molecular weight is 234 g/mol. The van der Waals surface area contributed by atoms with Crippen molar-refractivity contribution in [1.82, 2.24) is 0 Å². The zero-order valence-electron chi connectivity index (χ0n) is 10.3. The van der Waals surface area contributed by atoms with Gasteiger partial charge >= 0.3 is 0 Å². The molecule has 0 saturated heterocycles. The molecule has 0 heterocycles. The highest BCUT2D eigenvalue weighted by molar-refractivity contribution is 6.72. The van der Waals surface area contributed by atoms with Crippen molar-refractivity contribution in [2.45, 2.75) is 44.8 Å². The van der Waals surface area contributed by atoms with Gasteiger partial charge < -0.3 is 11.5 Å². The zero-order chi connectivity index (χ0) is 11.7. The van der Waals surface area contributed by atoms with E-state index in [1.807, 2.05) is 6.92 Å². The van der Waals surface area contributed by atoms with Crippen molar-refractivity contribution in [3.63, 3.8) is 0 Å².